The van der Waals surface area contributed by atoms with Gasteiger partial charge in [0.2, 0.25) is 11.8 Å². The fraction of sp³-hybridized carbons (Fsp3) is 0.600. The molecule has 24 heavy (non-hydrogen) atoms. The number of hydrogen-bond donors (Lipinski definition) is 0. The smallest absolute Gasteiger partial charge is 0.225 e. The number of piperazine rings is 1. The lowest BCUT2D eigenvalue weighted by molar-refractivity contribution is -0.142. The summed E-state index contributed by atoms with van der Waals surface area (Å²) in [5.41, 5.74) is 2.46. The topological polar surface area (TPSA) is 40.6 Å². The normalized spacial score (nSPS) is 18.9. The Morgan fingerprint density at radius 2 is 1.71 bits per heavy atom. The van der Waals surface area contributed by atoms with Crippen LogP contribution in [-0.4, -0.2) is 47.8 Å². The van der Waals surface area contributed by atoms with Gasteiger partial charge in [0, 0.05) is 38.5 Å². The van der Waals surface area contributed by atoms with Crippen molar-refractivity contribution in [1.29, 1.82) is 0 Å². The van der Waals surface area contributed by atoms with Crippen molar-refractivity contribution in [2.45, 2.75) is 45.4 Å². The van der Waals surface area contributed by atoms with Gasteiger partial charge in [0.05, 0.1) is 0 Å². The zero-order chi connectivity index (χ0) is 16.9. The molecule has 0 unspecified atom stereocenters. The Labute approximate surface area is 144 Å². The molecule has 2 aliphatic rings. The predicted molar refractivity (Wildman–Crippen MR) is 94.6 cm³/mol. The Morgan fingerprint density at radius 3 is 2.38 bits per heavy atom. The van der Waals surface area contributed by atoms with Crippen molar-refractivity contribution in [2.24, 2.45) is 5.92 Å². The van der Waals surface area contributed by atoms with E-state index in [1.54, 1.807) is 0 Å². The molecule has 1 saturated heterocycles. The first-order chi connectivity index (χ1) is 11.6. The van der Waals surface area contributed by atoms with Gasteiger partial charge in [-0.25, -0.2) is 0 Å². The van der Waals surface area contributed by atoms with Gasteiger partial charge in [0.1, 0.15) is 0 Å². The molecule has 2 fully saturated rings. The van der Waals surface area contributed by atoms with E-state index in [0.717, 1.165) is 19.3 Å². The molecule has 1 saturated carbocycles. The molecule has 2 amide bonds. The van der Waals surface area contributed by atoms with E-state index in [2.05, 4.69) is 25.1 Å². The second kappa shape index (κ2) is 7.82. The van der Waals surface area contributed by atoms with Gasteiger partial charge < -0.3 is 9.80 Å². The van der Waals surface area contributed by atoms with Gasteiger partial charge in [0.25, 0.3) is 0 Å². The number of benzene rings is 1. The highest BCUT2D eigenvalue weighted by molar-refractivity contribution is 5.80. The number of aryl methyl sites for hydroxylation is 2. The van der Waals surface area contributed by atoms with Crippen molar-refractivity contribution in [3.05, 3.63) is 35.4 Å². The maximum Gasteiger partial charge on any atom is 0.225 e. The Kier molecular flexibility index (Phi) is 5.54. The first kappa shape index (κ1) is 17.0. The summed E-state index contributed by atoms with van der Waals surface area (Å²) in [6.07, 6.45) is 5.83. The van der Waals surface area contributed by atoms with Crippen molar-refractivity contribution in [1.82, 2.24) is 9.80 Å². The van der Waals surface area contributed by atoms with Crippen LogP contribution in [0.5, 0.6) is 0 Å². The second-order valence-corrected chi connectivity index (χ2v) is 7.18. The molecular weight excluding hydrogens is 300 g/mol. The van der Waals surface area contributed by atoms with Crippen LogP contribution < -0.4 is 0 Å². The zero-order valence-electron chi connectivity index (χ0n) is 14.7. The SMILES string of the molecule is Cc1cccc(CCC(=O)N2CCN(C(=O)C3CCCC3)CC2)c1. The van der Waals surface area contributed by atoms with Gasteiger partial charge in [-0.3, -0.25) is 9.59 Å². The molecule has 1 aliphatic carbocycles. The fourth-order valence-electron chi connectivity index (χ4n) is 3.88. The maximum atomic E-state index is 12.4. The molecule has 130 valence electrons. The molecule has 3 rings (SSSR count). The molecule has 1 aromatic rings. The van der Waals surface area contributed by atoms with Crippen LogP contribution in [0.15, 0.2) is 24.3 Å². The zero-order valence-corrected chi connectivity index (χ0v) is 14.7. The molecule has 1 aliphatic heterocycles. The molecule has 1 aromatic carbocycles. The van der Waals surface area contributed by atoms with Crippen LogP contribution in [0.25, 0.3) is 0 Å². The van der Waals surface area contributed by atoms with E-state index in [9.17, 15) is 9.59 Å². The average Bonchev–Trinajstić information content (AvgIpc) is 3.14. The minimum atomic E-state index is 0.212. The lowest BCUT2D eigenvalue weighted by atomic mass is 10.1. The monoisotopic (exact) mass is 328 g/mol. The highest BCUT2D eigenvalue weighted by Crippen LogP contribution is 2.27. The minimum Gasteiger partial charge on any atom is -0.339 e. The summed E-state index contributed by atoms with van der Waals surface area (Å²) in [6.45, 7) is 4.85. The van der Waals surface area contributed by atoms with Crippen molar-refractivity contribution < 1.29 is 9.59 Å². The number of rotatable bonds is 4. The Bertz CT molecular complexity index is 585. The molecule has 0 radical (unpaired) electrons. The van der Waals surface area contributed by atoms with Gasteiger partial charge in [-0.15, -0.1) is 0 Å². The van der Waals surface area contributed by atoms with E-state index < -0.39 is 0 Å². The van der Waals surface area contributed by atoms with Crippen molar-refractivity contribution in [2.75, 3.05) is 26.2 Å². The van der Waals surface area contributed by atoms with Crippen molar-refractivity contribution >= 4 is 11.8 Å². The average molecular weight is 328 g/mol. The quantitative estimate of drug-likeness (QED) is 0.853. The van der Waals surface area contributed by atoms with E-state index in [1.807, 2.05) is 15.9 Å². The first-order valence-corrected chi connectivity index (χ1v) is 9.25. The molecule has 0 atom stereocenters. The highest BCUT2D eigenvalue weighted by atomic mass is 16.2. The maximum absolute atomic E-state index is 12.4. The summed E-state index contributed by atoms with van der Waals surface area (Å²) < 4.78 is 0. The van der Waals surface area contributed by atoms with E-state index in [0.29, 0.717) is 38.5 Å². The Balaban J connectivity index is 1.44. The number of hydrogen-bond acceptors (Lipinski definition) is 2. The van der Waals surface area contributed by atoms with E-state index >= 15 is 0 Å². The first-order valence-electron chi connectivity index (χ1n) is 9.25. The summed E-state index contributed by atoms with van der Waals surface area (Å²) in [6, 6.07) is 8.35. The van der Waals surface area contributed by atoms with Crippen LogP contribution in [-0.2, 0) is 16.0 Å². The van der Waals surface area contributed by atoms with Gasteiger partial charge in [-0.05, 0) is 31.7 Å². The summed E-state index contributed by atoms with van der Waals surface area (Å²) >= 11 is 0. The summed E-state index contributed by atoms with van der Waals surface area (Å²) in [7, 11) is 0. The number of nitrogens with zero attached hydrogens (tertiary/aromatic N) is 2. The lowest BCUT2D eigenvalue weighted by Gasteiger charge is -2.36. The number of carbonyl (C=O) groups excluding carboxylic acids is 2. The number of carbonyl (C=O) groups is 2. The summed E-state index contributed by atoms with van der Waals surface area (Å²) in [5, 5.41) is 0. The van der Waals surface area contributed by atoms with Gasteiger partial charge in [0.15, 0.2) is 0 Å². The van der Waals surface area contributed by atoms with Crippen LogP contribution in [0, 0.1) is 12.8 Å². The van der Waals surface area contributed by atoms with Crippen molar-refractivity contribution in [3.8, 4) is 0 Å². The third kappa shape index (κ3) is 4.16. The van der Waals surface area contributed by atoms with E-state index in [-0.39, 0.29) is 11.8 Å². The van der Waals surface area contributed by atoms with E-state index in [4.69, 9.17) is 0 Å². The molecule has 0 spiro atoms. The number of amides is 2. The lowest BCUT2D eigenvalue weighted by Crippen LogP contribution is -2.51. The third-order valence-electron chi connectivity index (χ3n) is 5.36. The molecule has 4 heteroatoms. The highest BCUT2D eigenvalue weighted by Gasteiger charge is 2.30. The molecule has 0 N–H and O–H groups in total. The van der Waals surface area contributed by atoms with Crippen LogP contribution in [0.2, 0.25) is 0 Å². The Morgan fingerprint density at radius 1 is 1.04 bits per heavy atom. The van der Waals surface area contributed by atoms with Crippen LogP contribution in [0.3, 0.4) is 0 Å². The van der Waals surface area contributed by atoms with Gasteiger partial charge in [-0.2, -0.15) is 0 Å². The van der Waals surface area contributed by atoms with Crippen LogP contribution in [0.1, 0.15) is 43.2 Å². The van der Waals surface area contributed by atoms with Gasteiger partial charge in [-0.1, -0.05) is 42.7 Å². The predicted octanol–water partition coefficient (Wildman–Crippen LogP) is 2.79. The van der Waals surface area contributed by atoms with Crippen LogP contribution in [0.4, 0.5) is 0 Å². The molecular formula is C20H28N2O2. The standard InChI is InChI=1S/C20H28N2O2/c1-16-5-4-6-17(15-16)9-10-19(23)21-11-13-22(14-12-21)20(24)18-7-2-3-8-18/h4-6,15,18H,2-3,7-14H2,1H3. The van der Waals surface area contributed by atoms with E-state index in [1.165, 1.54) is 24.0 Å². The Hall–Kier alpha value is -1.84. The van der Waals surface area contributed by atoms with Gasteiger partial charge >= 0.3 is 0 Å². The molecule has 1 heterocycles. The van der Waals surface area contributed by atoms with Crippen LogP contribution >= 0.6 is 0 Å². The molecule has 0 bridgehead atoms. The third-order valence-corrected chi connectivity index (χ3v) is 5.36. The second-order valence-electron chi connectivity index (χ2n) is 7.18. The largest absolute Gasteiger partial charge is 0.339 e. The summed E-state index contributed by atoms with van der Waals surface area (Å²) in [4.78, 5) is 28.8. The fourth-order valence-corrected chi connectivity index (χ4v) is 3.88. The summed E-state index contributed by atoms with van der Waals surface area (Å²) in [5.74, 6) is 0.775. The minimum absolute atomic E-state index is 0.212. The molecule has 0 aromatic heterocycles. The van der Waals surface area contributed by atoms with Crippen molar-refractivity contribution in [3.63, 3.8) is 0 Å². The molecule has 4 nitrogen and oxygen atoms in total.